The second-order valence-corrected chi connectivity index (χ2v) is 8.37. The van der Waals surface area contributed by atoms with E-state index in [1.165, 1.54) is 0 Å². The highest BCUT2D eigenvalue weighted by molar-refractivity contribution is 5.96. The number of pyridine rings is 1. The molecule has 0 aliphatic carbocycles. The lowest BCUT2D eigenvalue weighted by molar-refractivity contribution is -0.135. The lowest BCUT2D eigenvalue weighted by atomic mass is 9.85. The fraction of sp³-hybridized carbons (Fsp3) is 0.571. The minimum Gasteiger partial charge on any atom is -0.379 e. The van der Waals surface area contributed by atoms with Gasteiger partial charge in [0.15, 0.2) is 0 Å². The van der Waals surface area contributed by atoms with Gasteiger partial charge in [-0.25, -0.2) is 4.98 Å². The Balaban J connectivity index is 1.22. The van der Waals surface area contributed by atoms with E-state index in [0.29, 0.717) is 18.8 Å². The molecule has 8 nitrogen and oxygen atoms in total. The van der Waals surface area contributed by atoms with E-state index in [9.17, 15) is 9.59 Å². The fourth-order valence-electron chi connectivity index (χ4n) is 4.83. The Labute approximate surface area is 169 Å². The summed E-state index contributed by atoms with van der Waals surface area (Å²) in [7, 11) is 0. The molecule has 5 heterocycles. The van der Waals surface area contributed by atoms with E-state index in [2.05, 4.69) is 14.9 Å². The summed E-state index contributed by atoms with van der Waals surface area (Å²) in [5, 5.41) is 0.987. The molecule has 3 fully saturated rings. The van der Waals surface area contributed by atoms with Crippen molar-refractivity contribution in [3.63, 3.8) is 0 Å². The molecule has 2 amide bonds. The summed E-state index contributed by atoms with van der Waals surface area (Å²) >= 11 is 0. The van der Waals surface area contributed by atoms with Gasteiger partial charge in [-0.1, -0.05) is 0 Å². The Morgan fingerprint density at radius 3 is 2.79 bits per heavy atom. The van der Waals surface area contributed by atoms with Crippen molar-refractivity contribution in [2.45, 2.75) is 12.8 Å². The van der Waals surface area contributed by atoms with Gasteiger partial charge in [0, 0.05) is 57.4 Å². The van der Waals surface area contributed by atoms with Gasteiger partial charge < -0.3 is 19.5 Å². The van der Waals surface area contributed by atoms with Gasteiger partial charge >= 0.3 is 0 Å². The maximum absolute atomic E-state index is 13.2. The molecule has 2 aromatic heterocycles. The van der Waals surface area contributed by atoms with Crippen LogP contribution in [-0.4, -0.2) is 95.5 Å². The maximum atomic E-state index is 13.2. The molecule has 0 radical (unpaired) electrons. The molecule has 3 aliphatic rings. The number of H-pyrrole nitrogens is 1. The first-order chi connectivity index (χ1) is 14.1. The van der Waals surface area contributed by atoms with Crippen LogP contribution in [0.1, 0.15) is 23.3 Å². The Morgan fingerprint density at radius 2 is 1.93 bits per heavy atom. The number of fused-ring (bicyclic) bond motifs is 1. The van der Waals surface area contributed by atoms with Gasteiger partial charge in [0.05, 0.1) is 18.6 Å². The van der Waals surface area contributed by atoms with E-state index in [1.807, 2.05) is 23.2 Å². The minimum atomic E-state index is -0.406. The topological polar surface area (TPSA) is 81.8 Å². The second kappa shape index (κ2) is 7.42. The van der Waals surface area contributed by atoms with Crippen LogP contribution in [-0.2, 0) is 9.53 Å². The number of nitrogens with zero attached hydrogens (tertiary/aromatic N) is 4. The van der Waals surface area contributed by atoms with Gasteiger partial charge in [-0.2, -0.15) is 0 Å². The highest BCUT2D eigenvalue weighted by Gasteiger charge is 2.51. The molecule has 3 aliphatic heterocycles. The van der Waals surface area contributed by atoms with Crippen LogP contribution >= 0.6 is 0 Å². The number of hydrogen-bond donors (Lipinski definition) is 1. The molecular weight excluding hydrogens is 370 g/mol. The SMILES string of the molecule is O=C(c1ccc2cc[nH]c2n1)N1CCC2(CCN(CCN3CCOCC3)C2=O)C1. The molecule has 1 spiro atoms. The van der Waals surface area contributed by atoms with Crippen LogP contribution in [0.4, 0.5) is 0 Å². The Bertz CT molecular complexity index is 922. The largest absolute Gasteiger partial charge is 0.379 e. The van der Waals surface area contributed by atoms with E-state index < -0.39 is 5.41 Å². The Kier molecular flexibility index (Phi) is 4.75. The van der Waals surface area contributed by atoms with Crippen molar-refractivity contribution >= 4 is 22.8 Å². The predicted octanol–water partition coefficient (Wildman–Crippen LogP) is 0.960. The number of hydrogen-bond acceptors (Lipinski definition) is 5. The third-order valence-electron chi connectivity index (χ3n) is 6.66. The van der Waals surface area contributed by atoms with Gasteiger partial charge in [-0.05, 0) is 31.0 Å². The Hall–Kier alpha value is -2.45. The number of amides is 2. The summed E-state index contributed by atoms with van der Waals surface area (Å²) in [6.45, 7) is 7.00. The number of carbonyl (C=O) groups is 2. The van der Waals surface area contributed by atoms with E-state index >= 15 is 0 Å². The minimum absolute atomic E-state index is 0.0852. The summed E-state index contributed by atoms with van der Waals surface area (Å²) < 4.78 is 5.39. The van der Waals surface area contributed by atoms with Crippen molar-refractivity contribution in [3.05, 3.63) is 30.1 Å². The number of morpholine rings is 1. The average Bonchev–Trinajstić information content (AvgIpc) is 3.47. The smallest absolute Gasteiger partial charge is 0.272 e. The fourth-order valence-corrected chi connectivity index (χ4v) is 4.83. The van der Waals surface area contributed by atoms with Crippen molar-refractivity contribution in [1.29, 1.82) is 0 Å². The van der Waals surface area contributed by atoms with E-state index in [1.54, 1.807) is 11.0 Å². The number of aromatic amines is 1. The number of rotatable bonds is 4. The molecule has 5 rings (SSSR count). The van der Waals surface area contributed by atoms with Gasteiger partial charge in [0.25, 0.3) is 5.91 Å². The van der Waals surface area contributed by atoms with Crippen LogP contribution in [0.3, 0.4) is 0 Å². The van der Waals surface area contributed by atoms with Crippen LogP contribution in [0.2, 0.25) is 0 Å². The van der Waals surface area contributed by atoms with Gasteiger partial charge in [-0.3, -0.25) is 14.5 Å². The highest BCUT2D eigenvalue weighted by Crippen LogP contribution is 2.41. The number of likely N-dealkylation sites (tertiary alicyclic amines) is 2. The summed E-state index contributed by atoms with van der Waals surface area (Å²) in [5.74, 6) is 0.131. The molecule has 3 saturated heterocycles. The first kappa shape index (κ1) is 18.6. The van der Waals surface area contributed by atoms with Crippen LogP contribution < -0.4 is 0 Å². The first-order valence-corrected chi connectivity index (χ1v) is 10.5. The van der Waals surface area contributed by atoms with Gasteiger partial charge in [-0.15, -0.1) is 0 Å². The van der Waals surface area contributed by atoms with Crippen molar-refractivity contribution in [3.8, 4) is 0 Å². The second-order valence-electron chi connectivity index (χ2n) is 8.37. The summed E-state index contributed by atoms with van der Waals surface area (Å²) in [4.78, 5) is 39.8. The molecule has 2 aromatic rings. The molecule has 8 heteroatoms. The highest BCUT2D eigenvalue weighted by atomic mass is 16.5. The van der Waals surface area contributed by atoms with Crippen LogP contribution in [0.25, 0.3) is 11.0 Å². The molecule has 154 valence electrons. The normalized spacial score (nSPS) is 25.6. The molecular formula is C21H27N5O3. The lowest BCUT2D eigenvalue weighted by Gasteiger charge is -2.29. The van der Waals surface area contributed by atoms with Crippen LogP contribution in [0, 0.1) is 5.41 Å². The van der Waals surface area contributed by atoms with E-state index in [0.717, 1.165) is 69.8 Å². The van der Waals surface area contributed by atoms with Crippen LogP contribution in [0.15, 0.2) is 24.4 Å². The lowest BCUT2D eigenvalue weighted by Crippen LogP contribution is -2.44. The molecule has 0 saturated carbocycles. The van der Waals surface area contributed by atoms with Crippen molar-refractivity contribution in [1.82, 2.24) is 24.7 Å². The number of carbonyl (C=O) groups excluding carboxylic acids is 2. The van der Waals surface area contributed by atoms with Crippen molar-refractivity contribution < 1.29 is 14.3 Å². The summed E-state index contributed by atoms with van der Waals surface area (Å²) in [6.07, 6.45) is 3.40. The van der Waals surface area contributed by atoms with Gasteiger partial charge in [0.2, 0.25) is 5.91 Å². The zero-order valence-electron chi connectivity index (χ0n) is 16.6. The van der Waals surface area contributed by atoms with E-state index in [4.69, 9.17) is 4.74 Å². The molecule has 1 unspecified atom stereocenters. The molecule has 0 bridgehead atoms. The maximum Gasteiger partial charge on any atom is 0.272 e. The Morgan fingerprint density at radius 1 is 1.10 bits per heavy atom. The third kappa shape index (κ3) is 3.40. The predicted molar refractivity (Wildman–Crippen MR) is 108 cm³/mol. The standard InChI is InChI=1S/C21H27N5O3/c27-19(17-2-1-16-3-6-22-18(16)23-17)26-8-5-21(15-26)4-7-25(20(21)28)10-9-24-11-13-29-14-12-24/h1-3,6H,4-5,7-15H2,(H,22,23). The number of ether oxygens (including phenoxy) is 1. The summed E-state index contributed by atoms with van der Waals surface area (Å²) in [6, 6.07) is 5.62. The molecule has 29 heavy (non-hydrogen) atoms. The van der Waals surface area contributed by atoms with Crippen molar-refractivity contribution in [2.24, 2.45) is 5.41 Å². The third-order valence-corrected chi connectivity index (χ3v) is 6.66. The molecule has 1 atom stereocenters. The monoisotopic (exact) mass is 397 g/mol. The quantitative estimate of drug-likeness (QED) is 0.831. The van der Waals surface area contributed by atoms with E-state index in [-0.39, 0.29) is 11.8 Å². The average molecular weight is 397 g/mol. The number of aromatic nitrogens is 2. The number of nitrogens with one attached hydrogen (secondary N) is 1. The van der Waals surface area contributed by atoms with Crippen LogP contribution in [0.5, 0.6) is 0 Å². The summed E-state index contributed by atoms with van der Waals surface area (Å²) in [5.41, 5.74) is 0.750. The molecule has 0 aromatic carbocycles. The van der Waals surface area contributed by atoms with Crippen molar-refractivity contribution in [2.75, 3.05) is 59.0 Å². The zero-order valence-corrected chi connectivity index (χ0v) is 16.6. The zero-order chi connectivity index (χ0) is 19.8. The first-order valence-electron chi connectivity index (χ1n) is 10.5. The van der Waals surface area contributed by atoms with Gasteiger partial charge in [0.1, 0.15) is 11.3 Å². The molecule has 1 N–H and O–H groups in total.